The summed E-state index contributed by atoms with van der Waals surface area (Å²) in [6.07, 6.45) is 0.945. The highest BCUT2D eigenvalue weighted by molar-refractivity contribution is 7.80. The predicted molar refractivity (Wildman–Crippen MR) is 62.2 cm³/mol. The molecule has 0 aliphatic heterocycles. The van der Waals surface area contributed by atoms with E-state index in [0.29, 0.717) is 18.1 Å². The highest BCUT2D eigenvalue weighted by atomic mass is 32.1. The molecule has 0 heterocycles. The van der Waals surface area contributed by atoms with Crippen molar-refractivity contribution in [3.05, 3.63) is 0 Å². The van der Waals surface area contributed by atoms with Crippen LogP contribution in [0.3, 0.4) is 0 Å². The van der Waals surface area contributed by atoms with Gasteiger partial charge < -0.3 is 11.1 Å². The molecule has 1 amide bonds. The minimum absolute atomic E-state index is 0.0115. The largest absolute Gasteiger partial charge is 0.392 e. The summed E-state index contributed by atoms with van der Waals surface area (Å²) in [5.41, 5.74) is 5.47. The molecule has 82 valence electrons. The van der Waals surface area contributed by atoms with Crippen molar-refractivity contribution in [2.24, 2.45) is 5.73 Å². The molecule has 0 spiro atoms. The van der Waals surface area contributed by atoms with Crippen molar-refractivity contribution in [3.8, 4) is 0 Å². The zero-order valence-electron chi connectivity index (χ0n) is 9.04. The van der Waals surface area contributed by atoms with Gasteiger partial charge in [0.1, 0.15) is 0 Å². The van der Waals surface area contributed by atoms with E-state index in [2.05, 4.69) is 5.32 Å². The molecule has 0 saturated heterocycles. The average molecular weight is 217 g/mol. The second-order valence-electron chi connectivity index (χ2n) is 3.34. The van der Waals surface area contributed by atoms with Crippen molar-refractivity contribution < 1.29 is 4.79 Å². The molecule has 0 fully saturated rings. The minimum atomic E-state index is -0.0441. The van der Waals surface area contributed by atoms with Crippen molar-refractivity contribution in [1.29, 1.82) is 0 Å². The van der Waals surface area contributed by atoms with Gasteiger partial charge in [-0.3, -0.25) is 9.69 Å². The van der Waals surface area contributed by atoms with E-state index in [1.54, 1.807) is 0 Å². The Balaban J connectivity index is 3.86. The zero-order chi connectivity index (χ0) is 11.1. The maximum absolute atomic E-state index is 11.3. The van der Waals surface area contributed by atoms with Crippen LogP contribution in [0.4, 0.5) is 0 Å². The van der Waals surface area contributed by atoms with Crippen LogP contribution >= 0.6 is 12.2 Å². The fourth-order valence-corrected chi connectivity index (χ4v) is 1.08. The molecule has 0 aliphatic rings. The number of nitrogens with zero attached hydrogens (tertiary/aromatic N) is 1. The van der Waals surface area contributed by atoms with Gasteiger partial charge in [-0.2, -0.15) is 0 Å². The molecule has 5 heteroatoms. The number of hydrogen-bond acceptors (Lipinski definition) is 3. The standard InChI is InChI=1S/C9H19N3OS/c1-4-5-11-8(13)6-12(3)7(2)9(10)14/h7H,4-6H2,1-3H3,(H2,10,14)(H,11,13). The van der Waals surface area contributed by atoms with Crippen LogP contribution in [0.5, 0.6) is 0 Å². The van der Waals surface area contributed by atoms with Crippen LogP contribution in [0.2, 0.25) is 0 Å². The van der Waals surface area contributed by atoms with E-state index in [4.69, 9.17) is 18.0 Å². The molecule has 14 heavy (non-hydrogen) atoms. The third kappa shape index (κ3) is 5.14. The Labute approximate surface area is 90.8 Å². The molecule has 3 N–H and O–H groups in total. The minimum Gasteiger partial charge on any atom is -0.392 e. The SMILES string of the molecule is CCCNC(=O)CN(C)C(C)C(N)=S. The molecule has 0 aromatic heterocycles. The van der Waals surface area contributed by atoms with E-state index in [9.17, 15) is 4.79 Å². The summed E-state index contributed by atoms with van der Waals surface area (Å²) >= 11 is 4.84. The van der Waals surface area contributed by atoms with Gasteiger partial charge in [0.2, 0.25) is 5.91 Å². The van der Waals surface area contributed by atoms with Crippen LogP contribution in [0.25, 0.3) is 0 Å². The van der Waals surface area contributed by atoms with Crippen molar-refractivity contribution in [2.75, 3.05) is 20.1 Å². The number of nitrogens with two attached hydrogens (primary N) is 1. The summed E-state index contributed by atoms with van der Waals surface area (Å²) in [5, 5.41) is 2.79. The maximum Gasteiger partial charge on any atom is 0.234 e. The Morgan fingerprint density at radius 1 is 1.64 bits per heavy atom. The lowest BCUT2D eigenvalue weighted by atomic mass is 10.3. The molecular weight excluding hydrogens is 198 g/mol. The lowest BCUT2D eigenvalue weighted by Crippen LogP contribution is -2.44. The van der Waals surface area contributed by atoms with Gasteiger partial charge in [-0.1, -0.05) is 19.1 Å². The van der Waals surface area contributed by atoms with E-state index < -0.39 is 0 Å². The Morgan fingerprint density at radius 3 is 2.64 bits per heavy atom. The summed E-state index contributed by atoms with van der Waals surface area (Å²) < 4.78 is 0. The van der Waals surface area contributed by atoms with Gasteiger partial charge in [0, 0.05) is 6.54 Å². The van der Waals surface area contributed by atoms with E-state index >= 15 is 0 Å². The van der Waals surface area contributed by atoms with Crippen LogP contribution in [0.1, 0.15) is 20.3 Å². The highest BCUT2D eigenvalue weighted by Gasteiger charge is 2.14. The second-order valence-corrected chi connectivity index (χ2v) is 3.81. The molecule has 4 nitrogen and oxygen atoms in total. The summed E-state index contributed by atoms with van der Waals surface area (Å²) in [5.74, 6) is 0.0115. The van der Waals surface area contributed by atoms with Crippen LogP contribution in [0.15, 0.2) is 0 Å². The van der Waals surface area contributed by atoms with Gasteiger partial charge in [0.25, 0.3) is 0 Å². The van der Waals surface area contributed by atoms with Crippen LogP contribution in [0, 0.1) is 0 Å². The quantitative estimate of drug-likeness (QED) is 0.620. The predicted octanol–water partition coefficient (Wildman–Crippen LogP) is 0.119. The van der Waals surface area contributed by atoms with Gasteiger partial charge in [-0.05, 0) is 20.4 Å². The van der Waals surface area contributed by atoms with E-state index in [-0.39, 0.29) is 11.9 Å². The van der Waals surface area contributed by atoms with E-state index in [1.165, 1.54) is 0 Å². The van der Waals surface area contributed by atoms with E-state index in [0.717, 1.165) is 6.42 Å². The summed E-state index contributed by atoms with van der Waals surface area (Å²) in [7, 11) is 1.83. The highest BCUT2D eigenvalue weighted by Crippen LogP contribution is 1.94. The molecule has 0 aromatic rings. The average Bonchev–Trinajstić information content (AvgIpc) is 2.13. The molecule has 1 atom stereocenters. The number of hydrogen-bond donors (Lipinski definition) is 2. The summed E-state index contributed by atoms with van der Waals surface area (Å²) in [6.45, 7) is 4.95. The molecule has 0 rings (SSSR count). The first-order chi connectivity index (χ1) is 6.49. The molecule has 0 bridgehead atoms. The van der Waals surface area contributed by atoms with Gasteiger partial charge in [-0.15, -0.1) is 0 Å². The zero-order valence-corrected chi connectivity index (χ0v) is 9.86. The lowest BCUT2D eigenvalue weighted by Gasteiger charge is -2.22. The fourth-order valence-electron chi connectivity index (χ4n) is 0.901. The molecule has 0 radical (unpaired) electrons. The molecule has 0 saturated carbocycles. The Kier molecular flexibility index (Phi) is 6.40. The number of amides is 1. The molecule has 1 unspecified atom stereocenters. The topological polar surface area (TPSA) is 58.4 Å². The molecule has 0 aromatic carbocycles. The first-order valence-electron chi connectivity index (χ1n) is 4.75. The third-order valence-corrected chi connectivity index (χ3v) is 2.38. The monoisotopic (exact) mass is 217 g/mol. The fraction of sp³-hybridized carbons (Fsp3) is 0.778. The van der Waals surface area contributed by atoms with Gasteiger partial charge in [0.05, 0.1) is 17.6 Å². The van der Waals surface area contributed by atoms with Crippen LogP contribution in [-0.2, 0) is 4.79 Å². The second kappa shape index (κ2) is 6.73. The van der Waals surface area contributed by atoms with Crippen molar-refractivity contribution in [3.63, 3.8) is 0 Å². The van der Waals surface area contributed by atoms with Gasteiger partial charge in [-0.25, -0.2) is 0 Å². The lowest BCUT2D eigenvalue weighted by molar-refractivity contribution is -0.122. The normalized spacial score (nSPS) is 12.6. The van der Waals surface area contributed by atoms with Crippen molar-refractivity contribution in [1.82, 2.24) is 10.2 Å². The number of rotatable bonds is 6. The Bertz CT molecular complexity index is 208. The first kappa shape index (κ1) is 13.3. The van der Waals surface area contributed by atoms with Gasteiger partial charge >= 0.3 is 0 Å². The smallest absolute Gasteiger partial charge is 0.234 e. The number of thiocarbonyl (C=S) groups is 1. The number of nitrogens with one attached hydrogen (secondary N) is 1. The summed E-state index contributed by atoms with van der Waals surface area (Å²) in [6, 6.07) is -0.0441. The first-order valence-corrected chi connectivity index (χ1v) is 5.16. The number of likely N-dealkylation sites (N-methyl/N-ethyl adjacent to an activating group) is 1. The van der Waals surface area contributed by atoms with Gasteiger partial charge in [0.15, 0.2) is 0 Å². The van der Waals surface area contributed by atoms with Crippen LogP contribution in [-0.4, -0.2) is 42.0 Å². The Hall–Kier alpha value is -0.680. The van der Waals surface area contributed by atoms with E-state index in [1.807, 2.05) is 25.8 Å². The summed E-state index contributed by atoms with van der Waals surface area (Å²) in [4.78, 5) is 13.5. The van der Waals surface area contributed by atoms with Crippen molar-refractivity contribution in [2.45, 2.75) is 26.3 Å². The maximum atomic E-state index is 11.3. The molecule has 0 aliphatic carbocycles. The number of carbonyl (C=O) groups excluding carboxylic acids is 1. The third-order valence-electron chi connectivity index (χ3n) is 2.04. The molecular formula is C9H19N3OS. The number of carbonyl (C=O) groups is 1. The Morgan fingerprint density at radius 2 is 2.21 bits per heavy atom. The van der Waals surface area contributed by atoms with Crippen LogP contribution < -0.4 is 11.1 Å². The van der Waals surface area contributed by atoms with Crippen molar-refractivity contribution >= 4 is 23.1 Å².